The molecular weight excluding hydrogens is 262 g/mol. The molecule has 1 saturated heterocycles. The molecule has 1 aromatic heterocycles. The summed E-state index contributed by atoms with van der Waals surface area (Å²) in [5.41, 5.74) is 0.946. The maximum atomic E-state index is 11.9. The van der Waals surface area contributed by atoms with Crippen molar-refractivity contribution in [1.82, 2.24) is 4.98 Å². The minimum atomic E-state index is -0.154. The summed E-state index contributed by atoms with van der Waals surface area (Å²) < 4.78 is 11.0. The van der Waals surface area contributed by atoms with Crippen LogP contribution in [-0.4, -0.2) is 23.7 Å². The maximum Gasteiger partial charge on any atom is 0.315 e. The van der Waals surface area contributed by atoms with Crippen LogP contribution in [0.4, 0.5) is 0 Å². The van der Waals surface area contributed by atoms with Crippen molar-refractivity contribution in [3.8, 4) is 0 Å². The van der Waals surface area contributed by atoms with Gasteiger partial charge in [-0.05, 0) is 39.5 Å². The lowest BCUT2D eigenvalue weighted by Gasteiger charge is -2.09. The van der Waals surface area contributed by atoms with E-state index in [0.717, 1.165) is 36.4 Å². The number of rotatable bonds is 3. The summed E-state index contributed by atoms with van der Waals surface area (Å²) in [6, 6.07) is 0. The van der Waals surface area contributed by atoms with Crippen LogP contribution in [0.2, 0.25) is 0 Å². The van der Waals surface area contributed by atoms with Crippen LogP contribution < -0.4 is 0 Å². The lowest BCUT2D eigenvalue weighted by molar-refractivity contribution is -0.145. The molecule has 1 aliphatic heterocycles. The molecule has 2 aliphatic rings. The molecule has 0 aromatic carbocycles. The SMILES string of the molecule is CCOC(=O)C1CCc2sc(C3CCC(C)O3)nc21. The average Bonchev–Trinajstić information content (AvgIpc) is 3.02. The van der Waals surface area contributed by atoms with E-state index in [0.29, 0.717) is 12.7 Å². The van der Waals surface area contributed by atoms with Gasteiger partial charge >= 0.3 is 5.97 Å². The van der Waals surface area contributed by atoms with E-state index in [1.165, 1.54) is 4.88 Å². The van der Waals surface area contributed by atoms with Crippen molar-refractivity contribution in [2.24, 2.45) is 0 Å². The van der Waals surface area contributed by atoms with Crippen molar-refractivity contribution in [2.75, 3.05) is 6.61 Å². The largest absolute Gasteiger partial charge is 0.465 e. The zero-order chi connectivity index (χ0) is 13.4. The smallest absolute Gasteiger partial charge is 0.315 e. The van der Waals surface area contributed by atoms with Crippen LogP contribution in [0.5, 0.6) is 0 Å². The highest BCUT2D eigenvalue weighted by Gasteiger charge is 2.35. The second-order valence-corrected chi connectivity index (χ2v) is 6.33. The lowest BCUT2D eigenvalue weighted by atomic mass is 10.1. The van der Waals surface area contributed by atoms with Gasteiger partial charge in [0, 0.05) is 4.88 Å². The van der Waals surface area contributed by atoms with Crippen LogP contribution >= 0.6 is 11.3 Å². The Labute approximate surface area is 117 Å². The molecule has 3 rings (SSSR count). The highest BCUT2D eigenvalue weighted by atomic mass is 32.1. The van der Waals surface area contributed by atoms with E-state index in [2.05, 4.69) is 11.9 Å². The second-order valence-electron chi connectivity index (χ2n) is 5.22. The van der Waals surface area contributed by atoms with Gasteiger partial charge in [-0.1, -0.05) is 0 Å². The normalized spacial score (nSPS) is 29.5. The number of hydrogen-bond acceptors (Lipinski definition) is 5. The summed E-state index contributed by atoms with van der Waals surface area (Å²) in [6.07, 6.45) is 4.37. The van der Waals surface area contributed by atoms with Gasteiger partial charge in [-0.3, -0.25) is 4.79 Å². The number of nitrogens with zero attached hydrogens (tertiary/aromatic N) is 1. The van der Waals surface area contributed by atoms with E-state index in [1.807, 2.05) is 6.92 Å². The summed E-state index contributed by atoms with van der Waals surface area (Å²) in [4.78, 5) is 17.8. The minimum absolute atomic E-state index is 0.126. The number of esters is 1. The van der Waals surface area contributed by atoms with Crippen molar-refractivity contribution in [3.05, 3.63) is 15.6 Å². The molecule has 104 valence electrons. The van der Waals surface area contributed by atoms with Crippen molar-refractivity contribution in [2.45, 2.75) is 57.7 Å². The van der Waals surface area contributed by atoms with Crippen LogP contribution in [0, 0.1) is 0 Å². The van der Waals surface area contributed by atoms with Crippen molar-refractivity contribution < 1.29 is 14.3 Å². The molecule has 5 heteroatoms. The number of ether oxygens (including phenoxy) is 2. The molecule has 3 unspecified atom stereocenters. The molecule has 2 heterocycles. The van der Waals surface area contributed by atoms with Gasteiger partial charge in [0.25, 0.3) is 0 Å². The van der Waals surface area contributed by atoms with Gasteiger partial charge in [0.15, 0.2) is 0 Å². The third-order valence-electron chi connectivity index (χ3n) is 3.81. The predicted molar refractivity (Wildman–Crippen MR) is 72.3 cm³/mol. The molecular formula is C14H19NO3S. The fourth-order valence-electron chi connectivity index (χ4n) is 2.84. The summed E-state index contributed by atoms with van der Waals surface area (Å²) >= 11 is 1.72. The Morgan fingerprint density at radius 2 is 2.32 bits per heavy atom. The van der Waals surface area contributed by atoms with Crippen LogP contribution in [0.1, 0.15) is 60.7 Å². The molecule has 19 heavy (non-hydrogen) atoms. The first-order valence-electron chi connectivity index (χ1n) is 7.00. The molecule has 4 nitrogen and oxygen atoms in total. The van der Waals surface area contributed by atoms with E-state index in [4.69, 9.17) is 9.47 Å². The van der Waals surface area contributed by atoms with E-state index in [-0.39, 0.29) is 18.0 Å². The van der Waals surface area contributed by atoms with E-state index < -0.39 is 0 Å². The number of thiazole rings is 1. The zero-order valence-corrected chi connectivity index (χ0v) is 12.2. The van der Waals surface area contributed by atoms with E-state index in [9.17, 15) is 4.79 Å². The number of carbonyl (C=O) groups is 1. The Kier molecular flexibility index (Phi) is 3.58. The number of aromatic nitrogens is 1. The molecule has 1 aliphatic carbocycles. The average molecular weight is 281 g/mol. The fraction of sp³-hybridized carbons (Fsp3) is 0.714. The van der Waals surface area contributed by atoms with Gasteiger partial charge < -0.3 is 9.47 Å². The highest BCUT2D eigenvalue weighted by molar-refractivity contribution is 7.11. The third-order valence-corrected chi connectivity index (χ3v) is 5.04. The first-order chi connectivity index (χ1) is 9.19. The van der Waals surface area contributed by atoms with Gasteiger partial charge in [0.1, 0.15) is 17.0 Å². The Bertz CT molecular complexity index is 485. The second kappa shape index (κ2) is 5.21. The van der Waals surface area contributed by atoms with Gasteiger partial charge in [0.2, 0.25) is 0 Å². The van der Waals surface area contributed by atoms with Crippen LogP contribution in [-0.2, 0) is 20.7 Å². The molecule has 0 amide bonds. The zero-order valence-electron chi connectivity index (χ0n) is 11.3. The number of fused-ring (bicyclic) bond motifs is 1. The first-order valence-corrected chi connectivity index (χ1v) is 7.82. The van der Waals surface area contributed by atoms with Gasteiger partial charge in [0.05, 0.1) is 18.4 Å². The first kappa shape index (κ1) is 13.1. The molecule has 1 fully saturated rings. The summed E-state index contributed by atoms with van der Waals surface area (Å²) in [6.45, 7) is 4.38. The molecule has 0 saturated carbocycles. The standard InChI is InChI=1S/C14H19NO3S/c1-3-17-14(16)9-5-7-11-12(9)15-13(19-11)10-6-4-8(2)18-10/h8-10H,3-7H2,1-2H3. The van der Waals surface area contributed by atoms with Crippen LogP contribution in [0.25, 0.3) is 0 Å². The quantitative estimate of drug-likeness (QED) is 0.799. The Morgan fingerprint density at radius 3 is 3.00 bits per heavy atom. The predicted octanol–water partition coefficient (Wildman–Crippen LogP) is 2.98. The highest BCUT2D eigenvalue weighted by Crippen LogP contribution is 2.42. The maximum absolute atomic E-state index is 11.9. The fourth-order valence-corrected chi connectivity index (χ4v) is 4.05. The van der Waals surface area contributed by atoms with Crippen LogP contribution in [0.3, 0.4) is 0 Å². The molecule has 1 aromatic rings. The Balaban J connectivity index is 1.78. The Morgan fingerprint density at radius 1 is 1.47 bits per heavy atom. The molecule has 3 atom stereocenters. The van der Waals surface area contributed by atoms with Gasteiger partial charge in [-0.15, -0.1) is 11.3 Å². The lowest BCUT2D eigenvalue weighted by Crippen LogP contribution is -2.14. The van der Waals surface area contributed by atoms with Crippen molar-refractivity contribution >= 4 is 17.3 Å². The minimum Gasteiger partial charge on any atom is -0.465 e. The summed E-state index contributed by atoms with van der Waals surface area (Å²) in [7, 11) is 0. The van der Waals surface area contributed by atoms with E-state index >= 15 is 0 Å². The Hall–Kier alpha value is -0.940. The molecule has 0 spiro atoms. The number of aryl methyl sites for hydroxylation is 1. The van der Waals surface area contributed by atoms with Gasteiger partial charge in [-0.25, -0.2) is 4.98 Å². The third kappa shape index (κ3) is 2.41. The molecule has 0 N–H and O–H groups in total. The van der Waals surface area contributed by atoms with Crippen molar-refractivity contribution in [3.63, 3.8) is 0 Å². The molecule has 0 radical (unpaired) electrons. The van der Waals surface area contributed by atoms with Crippen LogP contribution in [0.15, 0.2) is 0 Å². The summed E-state index contributed by atoms with van der Waals surface area (Å²) in [5, 5.41) is 1.04. The summed E-state index contributed by atoms with van der Waals surface area (Å²) in [5.74, 6) is -0.280. The number of hydrogen-bond donors (Lipinski definition) is 0. The van der Waals surface area contributed by atoms with Gasteiger partial charge in [-0.2, -0.15) is 0 Å². The monoisotopic (exact) mass is 281 g/mol. The van der Waals surface area contributed by atoms with E-state index in [1.54, 1.807) is 11.3 Å². The molecule has 0 bridgehead atoms. The topological polar surface area (TPSA) is 48.4 Å². The number of carbonyl (C=O) groups excluding carboxylic acids is 1. The van der Waals surface area contributed by atoms with Crippen molar-refractivity contribution in [1.29, 1.82) is 0 Å².